The summed E-state index contributed by atoms with van der Waals surface area (Å²) in [6, 6.07) is 15.9. The summed E-state index contributed by atoms with van der Waals surface area (Å²) in [6.07, 6.45) is 2.99. The number of anilines is 2. The highest BCUT2D eigenvalue weighted by molar-refractivity contribution is 8.01. The van der Waals surface area contributed by atoms with Crippen LogP contribution in [0.1, 0.15) is 24.8 Å². The number of para-hydroxylation sites is 1. The van der Waals surface area contributed by atoms with Crippen LogP contribution in [0, 0.1) is 11.3 Å². The molecule has 3 amide bonds. The van der Waals surface area contributed by atoms with Gasteiger partial charge < -0.3 is 15.1 Å². The number of thioether (sulfide) groups is 1. The predicted molar refractivity (Wildman–Crippen MR) is 119 cm³/mol. The largest absolute Gasteiger partial charge is 0.341 e. The number of hydrogen-bond acceptors (Lipinski definition) is 5. The highest BCUT2D eigenvalue weighted by atomic mass is 32.2. The van der Waals surface area contributed by atoms with Crippen molar-refractivity contribution in [3.8, 4) is 6.07 Å². The Morgan fingerprint density at radius 3 is 2.65 bits per heavy atom. The van der Waals surface area contributed by atoms with E-state index in [9.17, 15) is 14.4 Å². The molecule has 8 heteroatoms. The third-order valence-electron chi connectivity index (χ3n) is 5.36. The molecule has 0 bridgehead atoms. The summed E-state index contributed by atoms with van der Waals surface area (Å²) in [6.45, 7) is 1.12. The maximum absolute atomic E-state index is 13.3. The molecule has 2 aliphatic rings. The third-order valence-corrected chi connectivity index (χ3v) is 6.60. The maximum Gasteiger partial charge on any atom is 0.250 e. The maximum atomic E-state index is 13.3. The lowest BCUT2D eigenvalue weighted by Crippen LogP contribution is -2.52. The molecular formula is C23H22N4O3S. The number of amides is 3. The van der Waals surface area contributed by atoms with Crippen molar-refractivity contribution in [3.63, 3.8) is 0 Å². The van der Waals surface area contributed by atoms with E-state index < -0.39 is 11.2 Å². The van der Waals surface area contributed by atoms with Crippen molar-refractivity contribution in [3.05, 3.63) is 54.1 Å². The van der Waals surface area contributed by atoms with E-state index in [1.165, 1.54) is 16.7 Å². The zero-order valence-electron chi connectivity index (χ0n) is 16.9. The topological polar surface area (TPSA) is 93.5 Å². The summed E-state index contributed by atoms with van der Waals surface area (Å²) in [4.78, 5) is 43.1. The lowest BCUT2D eigenvalue weighted by atomic mass is 10.1. The van der Waals surface area contributed by atoms with Crippen molar-refractivity contribution in [2.24, 2.45) is 0 Å². The summed E-state index contributed by atoms with van der Waals surface area (Å²) < 4.78 is 0. The van der Waals surface area contributed by atoms with Gasteiger partial charge in [-0.1, -0.05) is 18.2 Å². The summed E-state index contributed by atoms with van der Waals surface area (Å²) in [7, 11) is 0. The van der Waals surface area contributed by atoms with Gasteiger partial charge in [-0.3, -0.25) is 14.4 Å². The third kappa shape index (κ3) is 4.57. The Labute approximate surface area is 185 Å². The van der Waals surface area contributed by atoms with Gasteiger partial charge in [0, 0.05) is 23.7 Å². The molecule has 2 heterocycles. The van der Waals surface area contributed by atoms with Crippen LogP contribution in [0.4, 0.5) is 11.4 Å². The van der Waals surface area contributed by atoms with E-state index in [-0.39, 0.29) is 18.4 Å². The van der Waals surface area contributed by atoms with Crippen molar-refractivity contribution in [1.82, 2.24) is 4.90 Å². The van der Waals surface area contributed by atoms with Gasteiger partial charge in [-0.15, -0.1) is 11.8 Å². The summed E-state index contributed by atoms with van der Waals surface area (Å²) in [5.74, 6) is -0.953. The minimum atomic E-state index is -0.886. The fraction of sp³-hybridized carbons (Fsp3) is 0.304. The molecule has 1 saturated heterocycles. The molecular weight excluding hydrogens is 412 g/mol. The number of carbonyl (C=O) groups excluding carboxylic acids is 3. The number of piperidine rings is 1. The van der Waals surface area contributed by atoms with Gasteiger partial charge in [0.2, 0.25) is 11.8 Å². The molecule has 1 N–H and O–H groups in total. The van der Waals surface area contributed by atoms with Gasteiger partial charge in [-0.25, -0.2) is 0 Å². The predicted octanol–water partition coefficient (Wildman–Crippen LogP) is 3.02. The minimum Gasteiger partial charge on any atom is -0.341 e. The Morgan fingerprint density at radius 2 is 1.87 bits per heavy atom. The van der Waals surface area contributed by atoms with Crippen molar-refractivity contribution < 1.29 is 14.4 Å². The average molecular weight is 435 g/mol. The standard InChI is InChI=1S/C23H22N4O3S/c24-14-16-7-6-8-17(13-16)25-20(28)15-27-18-9-2-3-10-19(18)31-21(23(27)30)22(29)26-11-4-1-5-12-26/h2-3,6-10,13,21H,1,4-5,11-12,15H2,(H,25,28). The van der Waals surface area contributed by atoms with Crippen molar-refractivity contribution in [2.75, 3.05) is 29.9 Å². The number of likely N-dealkylation sites (tertiary alicyclic amines) is 1. The second kappa shape index (κ2) is 9.23. The molecule has 31 heavy (non-hydrogen) atoms. The van der Waals surface area contributed by atoms with Gasteiger partial charge >= 0.3 is 0 Å². The van der Waals surface area contributed by atoms with E-state index in [0.717, 1.165) is 24.2 Å². The number of nitrogens with zero attached hydrogens (tertiary/aromatic N) is 3. The molecule has 7 nitrogen and oxygen atoms in total. The Kier molecular flexibility index (Phi) is 6.23. The summed E-state index contributed by atoms with van der Waals surface area (Å²) in [5, 5.41) is 10.9. The average Bonchev–Trinajstić information content (AvgIpc) is 2.81. The van der Waals surface area contributed by atoms with Crippen LogP contribution in [0.3, 0.4) is 0 Å². The zero-order valence-corrected chi connectivity index (χ0v) is 17.7. The van der Waals surface area contributed by atoms with Crippen LogP contribution in [0.5, 0.6) is 0 Å². The van der Waals surface area contributed by atoms with E-state index in [1.807, 2.05) is 18.2 Å². The normalized spacial score (nSPS) is 18.2. The van der Waals surface area contributed by atoms with E-state index in [2.05, 4.69) is 5.32 Å². The summed E-state index contributed by atoms with van der Waals surface area (Å²) in [5.41, 5.74) is 1.54. The smallest absolute Gasteiger partial charge is 0.250 e. The lowest BCUT2D eigenvalue weighted by Gasteiger charge is -2.36. The fourth-order valence-electron chi connectivity index (χ4n) is 3.83. The molecule has 1 atom stereocenters. The fourth-order valence-corrected chi connectivity index (χ4v) is 5.02. The number of carbonyl (C=O) groups is 3. The molecule has 2 aliphatic heterocycles. The number of nitriles is 1. The number of rotatable bonds is 4. The SMILES string of the molecule is N#Cc1cccc(NC(=O)CN2C(=O)C(C(=O)N3CCCCC3)Sc3ccccc32)c1. The number of nitrogens with one attached hydrogen (secondary N) is 1. The number of benzene rings is 2. The first-order chi connectivity index (χ1) is 15.1. The molecule has 1 fully saturated rings. The van der Waals surface area contributed by atoms with Gasteiger partial charge in [0.1, 0.15) is 6.54 Å². The molecule has 0 spiro atoms. The first-order valence-electron chi connectivity index (χ1n) is 10.2. The van der Waals surface area contributed by atoms with Crippen LogP contribution >= 0.6 is 11.8 Å². The Balaban J connectivity index is 1.55. The second-order valence-corrected chi connectivity index (χ2v) is 8.66. The van der Waals surface area contributed by atoms with Gasteiger partial charge in [0.25, 0.3) is 5.91 Å². The van der Waals surface area contributed by atoms with E-state index in [1.54, 1.807) is 41.3 Å². The van der Waals surface area contributed by atoms with E-state index in [4.69, 9.17) is 5.26 Å². The highest BCUT2D eigenvalue weighted by Crippen LogP contribution is 2.39. The van der Waals surface area contributed by atoms with Gasteiger partial charge in [-0.2, -0.15) is 5.26 Å². The molecule has 0 aliphatic carbocycles. The summed E-state index contributed by atoms with van der Waals surface area (Å²) >= 11 is 1.26. The van der Waals surface area contributed by atoms with Crippen molar-refractivity contribution in [1.29, 1.82) is 5.26 Å². The first kappa shape index (κ1) is 20.9. The molecule has 2 aromatic carbocycles. The highest BCUT2D eigenvalue weighted by Gasteiger charge is 2.40. The Morgan fingerprint density at radius 1 is 1.10 bits per heavy atom. The van der Waals surface area contributed by atoms with Gasteiger partial charge in [-0.05, 0) is 49.6 Å². The van der Waals surface area contributed by atoms with E-state index in [0.29, 0.717) is 30.0 Å². The molecule has 0 saturated carbocycles. The van der Waals surface area contributed by atoms with Crippen LogP contribution in [0.2, 0.25) is 0 Å². The molecule has 1 unspecified atom stereocenters. The van der Waals surface area contributed by atoms with Crippen LogP contribution in [-0.2, 0) is 14.4 Å². The first-order valence-corrected chi connectivity index (χ1v) is 11.1. The monoisotopic (exact) mass is 434 g/mol. The van der Waals surface area contributed by atoms with Gasteiger partial charge in [0.15, 0.2) is 5.25 Å². The molecule has 4 rings (SSSR count). The molecule has 158 valence electrons. The van der Waals surface area contributed by atoms with Crippen molar-refractivity contribution >= 4 is 40.9 Å². The van der Waals surface area contributed by atoms with Crippen LogP contribution < -0.4 is 10.2 Å². The Bertz CT molecular complexity index is 1060. The molecule has 0 aromatic heterocycles. The van der Waals surface area contributed by atoms with Crippen LogP contribution in [0.25, 0.3) is 0 Å². The van der Waals surface area contributed by atoms with Crippen LogP contribution in [0.15, 0.2) is 53.4 Å². The Hall–Kier alpha value is -3.31. The van der Waals surface area contributed by atoms with Crippen LogP contribution in [-0.4, -0.2) is 47.5 Å². The van der Waals surface area contributed by atoms with E-state index >= 15 is 0 Å². The zero-order chi connectivity index (χ0) is 21.8. The molecule has 0 radical (unpaired) electrons. The second-order valence-electron chi connectivity index (χ2n) is 7.52. The quantitative estimate of drug-likeness (QED) is 0.747. The minimum absolute atomic E-state index is 0.184. The lowest BCUT2D eigenvalue weighted by molar-refractivity contribution is -0.135. The van der Waals surface area contributed by atoms with Crippen molar-refractivity contribution in [2.45, 2.75) is 29.4 Å². The number of fused-ring (bicyclic) bond motifs is 1. The number of hydrogen-bond donors (Lipinski definition) is 1. The van der Waals surface area contributed by atoms with Gasteiger partial charge in [0.05, 0.1) is 17.3 Å². The molecule has 2 aromatic rings.